The van der Waals surface area contributed by atoms with E-state index in [9.17, 15) is 43.6 Å². The van der Waals surface area contributed by atoms with Gasteiger partial charge in [-0.1, -0.05) is 18.2 Å². The van der Waals surface area contributed by atoms with Gasteiger partial charge in [-0.15, -0.1) is 0 Å². The lowest BCUT2D eigenvalue weighted by atomic mass is 9.71. The quantitative estimate of drug-likeness (QED) is 0.272. The summed E-state index contributed by atoms with van der Waals surface area (Å²) in [4.78, 5) is 13.3. The van der Waals surface area contributed by atoms with Crippen LogP contribution in [-0.4, -0.2) is 39.8 Å². The molecule has 5 nitrogen and oxygen atoms in total. The average molecular weight is 633 g/mol. The number of alkyl halides is 4. The number of aryl methyl sites for hydroxylation is 1. The van der Waals surface area contributed by atoms with Crippen molar-refractivity contribution in [1.82, 2.24) is 0 Å². The van der Waals surface area contributed by atoms with Gasteiger partial charge in [0.25, 0.3) is 0 Å². The minimum Gasteiger partial charge on any atom is -0.299 e. The lowest BCUT2D eigenvalue weighted by molar-refractivity contribution is -0.228. The SMILES string of the molecule is CC1CC(C(=O)C[C@@H]2CC[C@@]3(S(=O)(=O)c4ccc(F)cc4)c4ccc(C(C)(F)C(F)(F)F)cc4CC[C@@H]23)CCS1(=O)=O. The number of fused-ring (bicyclic) bond motifs is 3. The zero-order valence-corrected chi connectivity index (χ0v) is 24.9. The largest absolute Gasteiger partial charge is 0.426 e. The van der Waals surface area contributed by atoms with Crippen molar-refractivity contribution in [2.45, 2.75) is 85.5 Å². The molecule has 2 aromatic rings. The van der Waals surface area contributed by atoms with Crippen LogP contribution in [0.25, 0.3) is 0 Å². The Balaban J connectivity index is 1.56. The Morgan fingerprint density at radius 3 is 2.31 bits per heavy atom. The molecule has 2 aliphatic carbocycles. The molecular weight excluding hydrogens is 599 g/mol. The van der Waals surface area contributed by atoms with E-state index in [4.69, 9.17) is 0 Å². The van der Waals surface area contributed by atoms with Crippen molar-refractivity contribution < 1.29 is 43.6 Å². The molecule has 0 spiro atoms. The highest BCUT2D eigenvalue weighted by Crippen LogP contribution is 2.60. The first kappa shape index (κ1) is 31.1. The van der Waals surface area contributed by atoms with Crippen molar-refractivity contribution in [2.24, 2.45) is 17.8 Å². The van der Waals surface area contributed by atoms with Crippen molar-refractivity contribution in [3.63, 3.8) is 0 Å². The summed E-state index contributed by atoms with van der Waals surface area (Å²) in [5.74, 6) is -2.21. The molecular formula is C30H33F5O5S2. The van der Waals surface area contributed by atoms with E-state index in [0.29, 0.717) is 18.9 Å². The molecule has 3 aliphatic rings. The molecule has 6 atom stereocenters. The molecule has 1 heterocycles. The fourth-order valence-corrected chi connectivity index (χ4v) is 11.4. The van der Waals surface area contributed by atoms with Gasteiger partial charge in [-0.25, -0.2) is 25.6 Å². The van der Waals surface area contributed by atoms with Gasteiger partial charge in [0.2, 0.25) is 5.67 Å². The Morgan fingerprint density at radius 1 is 1.02 bits per heavy atom. The fraction of sp³-hybridized carbons (Fsp3) is 0.567. The second-order valence-electron chi connectivity index (χ2n) is 12.2. The summed E-state index contributed by atoms with van der Waals surface area (Å²) >= 11 is 0. The maximum atomic E-state index is 14.9. The maximum Gasteiger partial charge on any atom is 0.426 e. The van der Waals surface area contributed by atoms with Crippen LogP contribution in [0.5, 0.6) is 0 Å². The fourth-order valence-electron chi connectivity index (χ4n) is 7.39. The van der Waals surface area contributed by atoms with Gasteiger partial charge in [-0.3, -0.25) is 4.79 Å². The summed E-state index contributed by atoms with van der Waals surface area (Å²) in [5.41, 5.74) is -3.66. The lowest BCUT2D eigenvalue weighted by Gasteiger charge is -2.43. The predicted octanol–water partition coefficient (Wildman–Crippen LogP) is 6.39. The first-order valence-corrected chi connectivity index (χ1v) is 17.3. The van der Waals surface area contributed by atoms with Crippen molar-refractivity contribution in [3.8, 4) is 0 Å². The van der Waals surface area contributed by atoms with E-state index in [2.05, 4.69) is 0 Å². The smallest absolute Gasteiger partial charge is 0.299 e. The Kier molecular flexibility index (Phi) is 7.69. The number of benzene rings is 2. The number of Topliss-reactive ketones (excluding diaryl/α,β-unsaturated/α-hetero) is 1. The van der Waals surface area contributed by atoms with Gasteiger partial charge in [0.05, 0.1) is 15.9 Å². The van der Waals surface area contributed by atoms with E-state index in [0.717, 1.165) is 36.4 Å². The van der Waals surface area contributed by atoms with Crippen LogP contribution in [0.4, 0.5) is 22.0 Å². The van der Waals surface area contributed by atoms with Crippen LogP contribution in [0, 0.1) is 23.6 Å². The van der Waals surface area contributed by atoms with E-state index < -0.39 is 64.7 Å². The van der Waals surface area contributed by atoms with Crippen molar-refractivity contribution in [3.05, 3.63) is 65.0 Å². The van der Waals surface area contributed by atoms with Gasteiger partial charge in [-0.2, -0.15) is 13.2 Å². The van der Waals surface area contributed by atoms with Crippen LogP contribution in [0.15, 0.2) is 47.4 Å². The van der Waals surface area contributed by atoms with Crippen molar-refractivity contribution >= 4 is 25.5 Å². The molecule has 2 aromatic carbocycles. The topological polar surface area (TPSA) is 85.3 Å². The summed E-state index contributed by atoms with van der Waals surface area (Å²) in [6, 6.07) is 7.73. The van der Waals surface area contributed by atoms with Gasteiger partial charge < -0.3 is 0 Å². The van der Waals surface area contributed by atoms with Crippen LogP contribution in [0.1, 0.15) is 69.1 Å². The second-order valence-corrected chi connectivity index (χ2v) is 17.0. The third-order valence-electron chi connectivity index (χ3n) is 9.92. The summed E-state index contributed by atoms with van der Waals surface area (Å²) in [7, 11) is -7.51. The Bertz CT molecular complexity index is 1600. The van der Waals surface area contributed by atoms with Crippen LogP contribution in [0.2, 0.25) is 0 Å². The lowest BCUT2D eigenvalue weighted by Crippen LogP contribution is -2.45. The number of sulfone groups is 2. The molecule has 12 heteroatoms. The van der Waals surface area contributed by atoms with Crippen LogP contribution in [0.3, 0.4) is 0 Å². The summed E-state index contributed by atoms with van der Waals surface area (Å²) < 4.78 is 121. The van der Waals surface area contributed by atoms with Gasteiger partial charge in [0.15, 0.2) is 19.7 Å². The number of hydrogen-bond acceptors (Lipinski definition) is 5. The number of halogens is 5. The molecule has 42 heavy (non-hydrogen) atoms. The molecule has 0 N–H and O–H groups in total. The first-order valence-electron chi connectivity index (χ1n) is 14.1. The van der Waals surface area contributed by atoms with Crippen molar-refractivity contribution in [1.29, 1.82) is 0 Å². The third-order valence-corrected chi connectivity index (χ3v) is 14.7. The highest BCUT2D eigenvalue weighted by molar-refractivity contribution is 7.92. The molecule has 0 aromatic heterocycles. The normalized spacial score (nSPS) is 30.6. The minimum absolute atomic E-state index is 0.0623. The van der Waals surface area contributed by atoms with E-state index in [1.165, 1.54) is 6.07 Å². The highest BCUT2D eigenvalue weighted by atomic mass is 32.2. The van der Waals surface area contributed by atoms with Gasteiger partial charge in [-0.05, 0) is 105 Å². The van der Waals surface area contributed by atoms with E-state index in [1.807, 2.05) is 0 Å². The number of carbonyl (C=O) groups is 1. The third kappa shape index (κ3) is 4.90. The zero-order chi connectivity index (χ0) is 30.9. The first-order chi connectivity index (χ1) is 19.4. The Labute approximate surface area is 242 Å². The number of ketones is 1. The standard InChI is InChI=1S/C30H33F5O5S2/c1-18-15-21(12-14-41(18,37)38)27(36)17-20-11-13-29(42(39,40)24-7-5-23(31)6-8-24)25(20)9-3-19-16-22(4-10-26(19)29)28(2,32)30(33,34)35/h4-8,10,16,18,20-21,25H,3,9,11-15,17H2,1-2H3/t18?,20-,21?,25-,28?,29-/m0/s1. The zero-order valence-electron chi connectivity index (χ0n) is 23.3. The van der Waals surface area contributed by atoms with Gasteiger partial charge >= 0.3 is 6.18 Å². The summed E-state index contributed by atoms with van der Waals surface area (Å²) in [6.45, 7) is 2.01. The van der Waals surface area contributed by atoms with E-state index >= 15 is 0 Å². The van der Waals surface area contributed by atoms with Crippen molar-refractivity contribution in [2.75, 3.05) is 5.75 Å². The van der Waals surface area contributed by atoms with Gasteiger partial charge in [0.1, 0.15) is 16.3 Å². The predicted molar refractivity (Wildman–Crippen MR) is 146 cm³/mol. The van der Waals surface area contributed by atoms with Crippen LogP contribution < -0.4 is 0 Å². The Hall–Kier alpha value is -2.34. The van der Waals surface area contributed by atoms with Crippen LogP contribution in [-0.2, 0) is 41.3 Å². The molecule has 0 bridgehead atoms. The van der Waals surface area contributed by atoms with E-state index in [1.54, 1.807) is 6.92 Å². The monoisotopic (exact) mass is 632 g/mol. The number of rotatable bonds is 6. The Morgan fingerprint density at radius 2 is 1.69 bits per heavy atom. The second kappa shape index (κ2) is 10.4. The average Bonchev–Trinajstić information content (AvgIpc) is 3.29. The molecule has 5 rings (SSSR count). The molecule has 3 unspecified atom stereocenters. The van der Waals surface area contributed by atoms with E-state index in [-0.39, 0.29) is 66.4 Å². The number of carbonyl (C=O) groups excluding carboxylic acids is 1. The maximum absolute atomic E-state index is 14.9. The highest BCUT2D eigenvalue weighted by Gasteiger charge is 2.61. The minimum atomic E-state index is -5.18. The number of hydrogen-bond donors (Lipinski definition) is 0. The molecule has 2 fully saturated rings. The summed E-state index contributed by atoms with van der Waals surface area (Å²) in [6.07, 6.45) is -3.80. The molecule has 0 amide bonds. The molecule has 0 radical (unpaired) electrons. The molecule has 1 saturated heterocycles. The van der Waals surface area contributed by atoms with Gasteiger partial charge in [0, 0.05) is 12.3 Å². The summed E-state index contributed by atoms with van der Waals surface area (Å²) in [5, 5.41) is -0.643. The molecule has 1 aliphatic heterocycles. The van der Waals surface area contributed by atoms with Crippen LogP contribution >= 0.6 is 0 Å². The molecule has 230 valence electrons. The molecule has 1 saturated carbocycles.